The van der Waals surface area contributed by atoms with E-state index < -0.39 is 15.6 Å². The fourth-order valence-corrected chi connectivity index (χ4v) is 2.28. The van der Waals surface area contributed by atoms with Gasteiger partial charge >= 0.3 is 0 Å². The van der Waals surface area contributed by atoms with Gasteiger partial charge in [0.25, 0.3) is 0 Å². The van der Waals surface area contributed by atoms with Crippen LogP contribution in [-0.2, 0) is 9.84 Å². The molecule has 4 nitrogen and oxygen atoms in total. The standard InChI is InChI=1S/C12H14ClNO3S/c1-14(2)8-11(18(3,16)17)12(15)9-4-6-10(13)7-5-9/h4-8H,1-3H3. The molecule has 0 radical (unpaired) electrons. The Hall–Kier alpha value is -1.33. The number of ketones is 1. The predicted molar refractivity (Wildman–Crippen MR) is 72.4 cm³/mol. The van der Waals surface area contributed by atoms with E-state index in [-0.39, 0.29) is 10.5 Å². The monoisotopic (exact) mass is 287 g/mol. The first-order valence-electron chi connectivity index (χ1n) is 5.10. The summed E-state index contributed by atoms with van der Waals surface area (Å²) in [5, 5.41) is 0.490. The molecule has 0 aliphatic heterocycles. The van der Waals surface area contributed by atoms with Crippen LogP contribution >= 0.6 is 11.6 Å². The van der Waals surface area contributed by atoms with E-state index in [4.69, 9.17) is 11.6 Å². The maximum atomic E-state index is 12.1. The lowest BCUT2D eigenvalue weighted by molar-refractivity contribution is 0.104. The Morgan fingerprint density at radius 1 is 1.22 bits per heavy atom. The van der Waals surface area contributed by atoms with Gasteiger partial charge in [-0.2, -0.15) is 0 Å². The van der Waals surface area contributed by atoms with Gasteiger partial charge in [-0.15, -0.1) is 0 Å². The van der Waals surface area contributed by atoms with Crippen molar-refractivity contribution in [3.8, 4) is 0 Å². The fraction of sp³-hybridized carbons (Fsp3) is 0.250. The van der Waals surface area contributed by atoms with Gasteiger partial charge in [0.15, 0.2) is 9.84 Å². The van der Waals surface area contributed by atoms with Crippen molar-refractivity contribution < 1.29 is 13.2 Å². The van der Waals surface area contributed by atoms with Crippen LogP contribution in [0.1, 0.15) is 10.4 Å². The summed E-state index contributed by atoms with van der Waals surface area (Å²) in [5.74, 6) is -0.539. The Bertz CT molecular complexity index is 574. The molecular weight excluding hydrogens is 274 g/mol. The first-order valence-corrected chi connectivity index (χ1v) is 7.37. The molecule has 1 aromatic carbocycles. The fourth-order valence-electron chi connectivity index (χ4n) is 1.30. The minimum absolute atomic E-state index is 0.241. The van der Waals surface area contributed by atoms with E-state index >= 15 is 0 Å². The number of hydrogen-bond acceptors (Lipinski definition) is 4. The van der Waals surface area contributed by atoms with Crippen molar-refractivity contribution in [2.45, 2.75) is 0 Å². The van der Waals surface area contributed by atoms with Crippen LogP contribution in [0.3, 0.4) is 0 Å². The van der Waals surface area contributed by atoms with E-state index in [1.807, 2.05) is 0 Å². The van der Waals surface area contributed by atoms with E-state index in [1.54, 1.807) is 26.2 Å². The van der Waals surface area contributed by atoms with Crippen LogP contribution in [0.2, 0.25) is 5.02 Å². The van der Waals surface area contributed by atoms with Crippen molar-refractivity contribution in [1.82, 2.24) is 4.90 Å². The predicted octanol–water partition coefficient (Wildman–Crippen LogP) is 1.97. The lowest BCUT2D eigenvalue weighted by Crippen LogP contribution is -2.16. The molecule has 0 saturated carbocycles. The van der Waals surface area contributed by atoms with Gasteiger partial charge < -0.3 is 4.90 Å². The highest BCUT2D eigenvalue weighted by Gasteiger charge is 2.22. The van der Waals surface area contributed by atoms with Crippen molar-refractivity contribution in [3.63, 3.8) is 0 Å². The SMILES string of the molecule is CN(C)C=C(C(=O)c1ccc(Cl)cc1)S(C)(=O)=O. The average molecular weight is 288 g/mol. The van der Waals surface area contributed by atoms with Crippen molar-refractivity contribution in [3.05, 3.63) is 46.0 Å². The number of allylic oxidation sites excluding steroid dienone is 1. The summed E-state index contributed by atoms with van der Waals surface area (Å²) in [4.78, 5) is 13.4. The third kappa shape index (κ3) is 3.85. The molecule has 0 aromatic heterocycles. The van der Waals surface area contributed by atoms with Crippen LogP contribution in [0.5, 0.6) is 0 Å². The van der Waals surface area contributed by atoms with Crippen LogP contribution in [-0.4, -0.2) is 39.5 Å². The first kappa shape index (κ1) is 14.7. The molecule has 18 heavy (non-hydrogen) atoms. The molecule has 98 valence electrons. The number of rotatable bonds is 4. The number of benzene rings is 1. The molecule has 0 aliphatic carbocycles. The Balaban J connectivity index is 3.24. The highest BCUT2D eigenvalue weighted by Crippen LogP contribution is 2.16. The zero-order chi connectivity index (χ0) is 13.9. The molecule has 6 heteroatoms. The maximum absolute atomic E-state index is 12.1. The molecule has 0 fully saturated rings. The van der Waals surface area contributed by atoms with Gasteiger partial charge in [-0.25, -0.2) is 8.42 Å². The quantitative estimate of drug-likeness (QED) is 0.628. The van der Waals surface area contributed by atoms with E-state index in [9.17, 15) is 13.2 Å². The van der Waals surface area contributed by atoms with Gasteiger partial charge in [-0.05, 0) is 24.3 Å². The van der Waals surface area contributed by atoms with Gasteiger partial charge in [0.2, 0.25) is 5.78 Å². The zero-order valence-corrected chi connectivity index (χ0v) is 11.9. The van der Waals surface area contributed by atoms with Crippen molar-refractivity contribution >= 4 is 27.2 Å². The summed E-state index contributed by atoms with van der Waals surface area (Å²) < 4.78 is 23.2. The Morgan fingerprint density at radius 3 is 2.11 bits per heavy atom. The number of sulfone groups is 1. The minimum Gasteiger partial charge on any atom is -0.382 e. The molecule has 0 N–H and O–H groups in total. The van der Waals surface area contributed by atoms with E-state index in [1.165, 1.54) is 23.2 Å². The second-order valence-corrected chi connectivity index (χ2v) is 6.49. The number of carbonyl (C=O) groups excluding carboxylic acids is 1. The molecule has 0 aliphatic rings. The van der Waals surface area contributed by atoms with Gasteiger partial charge in [0, 0.05) is 37.1 Å². The second-order valence-electron chi connectivity index (χ2n) is 4.07. The van der Waals surface area contributed by atoms with Gasteiger partial charge in [0.05, 0.1) is 0 Å². The number of carbonyl (C=O) groups is 1. The highest BCUT2D eigenvalue weighted by molar-refractivity contribution is 7.95. The minimum atomic E-state index is -3.58. The summed E-state index contributed by atoms with van der Waals surface area (Å²) in [6.07, 6.45) is 2.31. The van der Waals surface area contributed by atoms with Gasteiger partial charge in [0.1, 0.15) is 4.91 Å². The third-order valence-electron chi connectivity index (χ3n) is 2.11. The van der Waals surface area contributed by atoms with Crippen molar-refractivity contribution in [2.75, 3.05) is 20.4 Å². The molecule has 0 bridgehead atoms. The summed E-state index contributed by atoms with van der Waals surface area (Å²) in [6, 6.07) is 6.09. The van der Waals surface area contributed by atoms with Crippen LogP contribution in [0.25, 0.3) is 0 Å². The van der Waals surface area contributed by atoms with E-state index in [0.717, 1.165) is 6.26 Å². The van der Waals surface area contributed by atoms with Crippen LogP contribution in [0.15, 0.2) is 35.4 Å². The average Bonchev–Trinajstić information content (AvgIpc) is 2.24. The highest BCUT2D eigenvalue weighted by atomic mass is 35.5. The molecule has 1 rings (SSSR count). The molecule has 0 spiro atoms. The molecule has 0 heterocycles. The maximum Gasteiger partial charge on any atom is 0.205 e. The second kappa shape index (κ2) is 5.54. The lowest BCUT2D eigenvalue weighted by atomic mass is 10.1. The summed E-state index contributed by atoms with van der Waals surface area (Å²) in [7, 11) is -0.274. The number of hydrogen-bond donors (Lipinski definition) is 0. The number of nitrogens with zero attached hydrogens (tertiary/aromatic N) is 1. The van der Waals surface area contributed by atoms with E-state index in [2.05, 4.69) is 0 Å². The smallest absolute Gasteiger partial charge is 0.205 e. The molecule has 0 unspecified atom stereocenters. The Kier molecular flexibility index (Phi) is 4.53. The molecule has 1 aromatic rings. The van der Waals surface area contributed by atoms with Crippen molar-refractivity contribution in [2.24, 2.45) is 0 Å². The largest absolute Gasteiger partial charge is 0.382 e. The Morgan fingerprint density at radius 2 is 1.72 bits per heavy atom. The van der Waals surface area contributed by atoms with E-state index in [0.29, 0.717) is 5.02 Å². The first-order chi connectivity index (χ1) is 8.21. The zero-order valence-electron chi connectivity index (χ0n) is 10.3. The van der Waals surface area contributed by atoms with Crippen LogP contribution in [0.4, 0.5) is 0 Å². The van der Waals surface area contributed by atoms with Gasteiger partial charge in [-0.3, -0.25) is 4.79 Å². The summed E-state index contributed by atoms with van der Waals surface area (Å²) in [5.41, 5.74) is 0.290. The topological polar surface area (TPSA) is 54.5 Å². The molecular formula is C12H14ClNO3S. The normalized spacial score (nSPS) is 12.3. The number of Topliss-reactive ketones (excluding diaryl/α,β-unsaturated/α-hetero) is 1. The molecule has 0 saturated heterocycles. The van der Waals surface area contributed by atoms with Gasteiger partial charge in [-0.1, -0.05) is 11.6 Å². The molecule has 0 atom stereocenters. The molecule has 0 amide bonds. The van der Waals surface area contributed by atoms with Crippen LogP contribution < -0.4 is 0 Å². The number of halogens is 1. The summed E-state index contributed by atoms with van der Waals surface area (Å²) >= 11 is 5.72. The lowest BCUT2D eigenvalue weighted by Gasteiger charge is -2.10. The van der Waals surface area contributed by atoms with Crippen LogP contribution in [0, 0.1) is 0 Å². The summed E-state index contributed by atoms with van der Waals surface area (Å²) in [6.45, 7) is 0. The Labute approximate surface area is 112 Å². The third-order valence-corrected chi connectivity index (χ3v) is 3.45. The van der Waals surface area contributed by atoms with Crippen molar-refractivity contribution in [1.29, 1.82) is 0 Å².